The van der Waals surface area contributed by atoms with Crippen molar-refractivity contribution in [2.24, 2.45) is 0 Å². The van der Waals surface area contributed by atoms with Crippen LogP contribution in [0.15, 0.2) is 35.5 Å². The molecule has 2 heterocycles. The molecule has 11 heteroatoms. The van der Waals surface area contributed by atoms with Crippen molar-refractivity contribution in [2.75, 3.05) is 33.6 Å². The van der Waals surface area contributed by atoms with Gasteiger partial charge in [-0.1, -0.05) is 29.4 Å². The Bertz CT molecular complexity index is 1310. The highest BCUT2D eigenvalue weighted by atomic mass is 35.5. The summed E-state index contributed by atoms with van der Waals surface area (Å²) in [6.07, 6.45) is 0.665. The van der Waals surface area contributed by atoms with E-state index in [1.165, 1.54) is 11.8 Å². The minimum atomic E-state index is -0.120. The molecule has 0 fully saturated rings. The minimum absolute atomic E-state index is 0.120. The summed E-state index contributed by atoms with van der Waals surface area (Å²) in [5.74, 6) is 2.02. The third-order valence-electron chi connectivity index (χ3n) is 5.00. The predicted octanol–water partition coefficient (Wildman–Crippen LogP) is 3.64. The Morgan fingerprint density at radius 1 is 1.06 bits per heavy atom. The van der Waals surface area contributed by atoms with Crippen LogP contribution in [0.25, 0.3) is 22.1 Å². The van der Waals surface area contributed by atoms with Gasteiger partial charge in [0.1, 0.15) is 11.3 Å². The predicted molar refractivity (Wildman–Crippen MR) is 128 cm³/mol. The lowest BCUT2D eigenvalue weighted by atomic mass is 10.1. The lowest BCUT2D eigenvalue weighted by molar-refractivity contribution is -0.118. The third-order valence-corrected chi connectivity index (χ3v) is 6.15. The van der Waals surface area contributed by atoms with Crippen LogP contribution in [0.5, 0.6) is 17.2 Å². The number of ether oxygens (including phenoxy) is 3. The Kier molecular flexibility index (Phi) is 7.05. The average Bonchev–Trinajstić information content (AvgIpc) is 3.22. The zero-order chi connectivity index (χ0) is 23.4. The Labute approximate surface area is 199 Å². The fraction of sp³-hybridized carbons (Fsp3) is 0.273. The minimum Gasteiger partial charge on any atom is -0.495 e. The molecule has 2 aromatic heterocycles. The molecule has 0 saturated heterocycles. The molecule has 0 saturated carbocycles. The number of hydrogen-bond acceptors (Lipinski definition) is 8. The second-order valence-corrected chi connectivity index (χ2v) is 8.34. The molecule has 4 aromatic rings. The first-order valence-electron chi connectivity index (χ1n) is 10.0. The normalized spacial score (nSPS) is 11.0. The van der Waals surface area contributed by atoms with Crippen molar-refractivity contribution in [1.82, 2.24) is 25.5 Å². The van der Waals surface area contributed by atoms with E-state index in [9.17, 15) is 4.79 Å². The van der Waals surface area contributed by atoms with E-state index in [-0.39, 0.29) is 11.7 Å². The maximum absolute atomic E-state index is 12.3. The van der Waals surface area contributed by atoms with Crippen molar-refractivity contribution in [1.29, 1.82) is 0 Å². The first-order valence-corrected chi connectivity index (χ1v) is 11.4. The number of carbonyl (C=O) groups excluding carboxylic acids is 1. The second-order valence-electron chi connectivity index (χ2n) is 6.99. The number of aromatic amines is 1. The summed E-state index contributed by atoms with van der Waals surface area (Å²) in [6, 6.07) is 9.20. The smallest absolute Gasteiger partial charge is 0.230 e. The van der Waals surface area contributed by atoms with Crippen LogP contribution in [-0.2, 0) is 11.2 Å². The first-order chi connectivity index (χ1) is 16.0. The highest BCUT2D eigenvalue weighted by Crippen LogP contribution is 2.35. The number of H-pyrrole nitrogens is 1. The quantitative estimate of drug-likeness (QED) is 0.344. The number of hydrogen-bond donors (Lipinski definition) is 2. The van der Waals surface area contributed by atoms with Gasteiger partial charge in [0, 0.05) is 6.54 Å². The molecule has 0 unspecified atom stereocenters. The molecule has 0 aliphatic heterocycles. The number of amides is 1. The molecule has 2 aromatic carbocycles. The zero-order valence-corrected chi connectivity index (χ0v) is 19.8. The lowest BCUT2D eigenvalue weighted by Crippen LogP contribution is -2.27. The van der Waals surface area contributed by atoms with E-state index in [1.54, 1.807) is 33.5 Å². The largest absolute Gasteiger partial charge is 0.495 e. The molecule has 0 radical (unpaired) electrons. The Balaban J connectivity index is 1.36. The standard InChI is InChI=1S/C22H22ClN5O4S/c1-30-14-6-4-12(10-16(14)32-3)8-9-24-17(29)11-33-22-26-21-20(27-28-22)18-13(23)5-7-15(31-2)19(18)25-21/h4-7,10H,8-9,11H2,1-3H3,(H,24,29)(H,25,26,28). The first kappa shape index (κ1) is 22.9. The summed E-state index contributed by atoms with van der Waals surface area (Å²) < 4.78 is 15.9. The van der Waals surface area contributed by atoms with E-state index >= 15 is 0 Å². The molecule has 0 spiro atoms. The fourth-order valence-electron chi connectivity index (χ4n) is 3.39. The summed E-state index contributed by atoms with van der Waals surface area (Å²) in [5.41, 5.74) is 2.82. The number of halogens is 1. The van der Waals surface area contributed by atoms with Gasteiger partial charge in [-0.15, -0.1) is 10.2 Å². The van der Waals surface area contributed by atoms with Gasteiger partial charge in [-0.2, -0.15) is 0 Å². The van der Waals surface area contributed by atoms with Crippen molar-refractivity contribution in [3.8, 4) is 17.2 Å². The van der Waals surface area contributed by atoms with Gasteiger partial charge >= 0.3 is 0 Å². The third kappa shape index (κ3) is 4.91. The highest BCUT2D eigenvalue weighted by Gasteiger charge is 2.16. The molecule has 4 rings (SSSR count). The van der Waals surface area contributed by atoms with E-state index in [0.717, 1.165) is 5.56 Å². The van der Waals surface area contributed by atoms with Gasteiger partial charge in [0.05, 0.1) is 43.0 Å². The molecular weight excluding hydrogens is 466 g/mol. The number of methoxy groups -OCH3 is 3. The van der Waals surface area contributed by atoms with Gasteiger partial charge in [0.15, 0.2) is 17.1 Å². The van der Waals surface area contributed by atoms with Crippen LogP contribution < -0.4 is 19.5 Å². The number of rotatable bonds is 9. The molecule has 0 aliphatic carbocycles. The van der Waals surface area contributed by atoms with E-state index in [1.807, 2.05) is 18.2 Å². The number of carbonyl (C=O) groups is 1. The van der Waals surface area contributed by atoms with Crippen molar-refractivity contribution in [3.63, 3.8) is 0 Å². The van der Waals surface area contributed by atoms with Crippen LogP contribution in [0.4, 0.5) is 0 Å². The SMILES string of the molecule is COc1ccc(CCNC(=O)CSc2nnc3c(n2)[nH]c2c(OC)ccc(Cl)c23)cc1OC. The number of nitrogens with zero attached hydrogens (tertiary/aromatic N) is 3. The molecule has 0 aliphatic rings. The fourth-order valence-corrected chi connectivity index (χ4v) is 4.26. The molecule has 1 amide bonds. The zero-order valence-electron chi connectivity index (χ0n) is 18.3. The van der Waals surface area contributed by atoms with Crippen molar-refractivity contribution < 1.29 is 19.0 Å². The number of aromatic nitrogens is 4. The molecule has 0 atom stereocenters. The second kappa shape index (κ2) is 10.1. The van der Waals surface area contributed by atoms with Crippen LogP contribution >= 0.6 is 23.4 Å². The number of nitrogens with one attached hydrogen (secondary N) is 2. The van der Waals surface area contributed by atoms with Gasteiger partial charge in [0.2, 0.25) is 11.1 Å². The van der Waals surface area contributed by atoms with Crippen molar-refractivity contribution >= 4 is 51.3 Å². The van der Waals surface area contributed by atoms with E-state index < -0.39 is 0 Å². The maximum Gasteiger partial charge on any atom is 0.230 e. The number of fused-ring (bicyclic) bond motifs is 3. The molecule has 172 valence electrons. The Morgan fingerprint density at radius 3 is 2.58 bits per heavy atom. The van der Waals surface area contributed by atoms with Crippen molar-refractivity contribution in [2.45, 2.75) is 11.6 Å². The summed E-state index contributed by atoms with van der Waals surface area (Å²) >= 11 is 7.54. The van der Waals surface area contributed by atoms with Crippen LogP contribution in [-0.4, -0.2) is 59.7 Å². The lowest BCUT2D eigenvalue weighted by Gasteiger charge is -2.10. The Hall–Kier alpha value is -3.24. The van der Waals surface area contributed by atoms with E-state index in [4.69, 9.17) is 25.8 Å². The topological polar surface area (TPSA) is 111 Å². The summed E-state index contributed by atoms with van der Waals surface area (Å²) in [7, 11) is 4.77. The Morgan fingerprint density at radius 2 is 1.82 bits per heavy atom. The van der Waals surface area contributed by atoms with Crippen LogP contribution in [0, 0.1) is 0 Å². The van der Waals surface area contributed by atoms with E-state index in [0.29, 0.717) is 62.5 Å². The van der Waals surface area contributed by atoms with Gasteiger partial charge in [-0.25, -0.2) is 4.98 Å². The van der Waals surface area contributed by atoms with Crippen LogP contribution in [0.1, 0.15) is 5.56 Å². The number of thioether (sulfide) groups is 1. The maximum atomic E-state index is 12.3. The molecule has 9 nitrogen and oxygen atoms in total. The van der Waals surface area contributed by atoms with Gasteiger partial charge in [-0.05, 0) is 36.2 Å². The highest BCUT2D eigenvalue weighted by molar-refractivity contribution is 7.99. The summed E-state index contributed by atoms with van der Waals surface area (Å²) in [6.45, 7) is 0.493. The molecule has 0 bridgehead atoms. The molecule has 33 heavy (non-hydrogen) atoms. The molecular formula is C22H22ClN5O4S. The summed E-state index contributed by atoms with van der Waals surface area (Å²) in [5, 5.41) is 12.9. The van der Waals surface area contributed by atoms with Gasteiger partial charge in [0.25, 0.3) is 0 Å². The van der Waals surface area contributed by atoms with Gasteiger partial charge < -0.3 is 24.5 Å². The monoisotopic (exact) mass is 487 g/mol. The van der Waals surface area contributed by atoms with Crippen molar-refractivity contribution in [3.05, 3.63) is 40.9 Å². The summed E-state index contributed by atoms with van der Waals surface area (Å²) in [4.78, 5) is 19.9. The number of benzene rings is 2. The van der Waals surface area contributed by atoms with Gasteiger partial charge in [-0.3, -0.25) is 4.79 Å². The van der Waals surface area contributed by atoms with E-state index in [2.05, 4.69) is 25.5 Å². The average molecular weight is 488 g/mol. The molecule has 2 N–H and O–H groups in total. The van der Waals surface area contributed by atoms with Crippen LogP contribution in [0.3, 0.4) is 0 Å². The van der Waals surface area contributed by atoms with Crippen LogP contribution in [0.2, 0.25) is 5.02 Å².